The molecule has 0 atom stereocenters. The van der Waals surface area contributed by atoms with Gasteiger partial charge in [-0.25, -0.2) is 4.79 Å². The standard InChI is InChI=1S/C3H6OS.CH4S.H2O/c1-5(2)3-4;1-2;/h1-2H3;2H,1H3;1H2/p+1. The fourth-order valence-electron chi connectivity index (χ4n) is 0. The second kappa shape index (κ2) is 15.7. The highest BCUT2D eigenvalue weighted by molar-refractivity contribution is 8.13. The van der Waals surface area contributed by atoms with Crippen molar-refractivity contribution in [2.75, 3.05) is 18.8 Å². The summed E-state index contributed by atoms with van der Waals surface area (Å²) in [5.41, 5.74) is 0. The summed E-state index contributed by atoms with van der Waals surface area (Å²) in [5.74, 6) is 0. The van der Waals surface area contributed by atoms with E-state index in [9.17, 15) is 4.79 Å². The molecule has 0 spiro atoms. The van der Waals surface area contributed by atoms with Gasteiger partial charge in [-0.1, -0.05) is 0 Å². The zero-order chi connectivity index (χ0) is 6.28. The van der Waals surface area contributed by atoms with Gasteiger partial charge >= 0.3 is 0 Å². The van der Waals surface area contributed by atoms with Gasteiger partial charge in [-0.05, 0) is 18.8 Å². The molecule has 8 heavy (non-hydrogen) atoms. The van der Waals surface area contributed by atoms with Crippen molar-refractivity contribution in [3.8, 4) is 0 Å². The topological polar surface area (TPSA) is 50.1 Å². The number of hydrogen-bond acceptors (Lipinski definition) is 2. The van der Waals surface area contributed by atoms with E-state index in [1.54, 1.807) is 11.5 Å². The zero-order valence-corrected chi connectivity index (χ0v) is 7.05. The highest BCUT2D eigenvalue weighted by Gasteiger charge is 1.58. The molecule has 3 N–H and O–H groups in total. The second-order valence-corrected chi connectivity index (χ2v) is 2.70. The van der Waals surface area contributed by atoms with Crippen LogP contribution in [0.4, 0.5) is 0 Å². The average molecular weight is 157 g/mol. The lowest BCUT2D eigenvalue weighted by Gasteiger charge is -1.66. The molecule has 0 aliphatic carbocycles. The molecule has 0 fully saturated rings. The summed E-state index contributed by atoms with van der Waals surface area (Å²) in [5, 5.41) is 1.81. The predicted octanol–water partition coefficient (Wildman–Crippen LogP) is 0.206. The van der Waals surface area contributed by atoms with E-state index in [0.29, 0.717) is 0 Å². The molecule has 0 aromatic carbocycles. The lowest BCUT2D eigenvalue weighted by atomic mass is 11.8. The van der Waals surface area contributed by atoms with E-state index in [4.69, 9.17) is 0 Å². The molecule has 0 aromatic heterocycles. The predicted molar refractivity (Wildman–Crippen MR) is 44.9 cm³/mol. The summed E-state index contributed by atoms with van der Waals surface area (Å²) in [6.45, 7) is 0. The summed E-state index contributed by atoms with van der Waals surface area (Å²) < 4.78 is 0. The minimum absolute atomic E-state index is 0. The molecule has 0 radical (unpaired) electrons. The Morgan fingerprint density at radius 3 is 1.50 bits per heavy atom. The maximum atomic E-state index is 9.39. The molecule has 0 bridgehead atoms. The van der Waals surface area contributed by atoms with Crippen molar-refractivity contribution in [1.82, 2.24) is 0 Å². The van der Waals surface area contributed by atoms with Crippen molar-refractivity contribution in [2.24, 2.45) is 0 Å². The molecule has 0 unspecified atom stereocenters. The molecule has 0 aromatic rings. The Morgan fingerprint density at radius 1 is 1.38 bits per heavy atom. The van der Waals surface area contributed by atoms with E-state index in [2.05, 4.69) is 12.6 Å². The second-order valence-electron chi connectivity index (χ2n) is 0.900. The van der Waals surface area contributed by atoms with Crippen LogP contribution in [0.5, 0.6) is 0 Å². The van der Waals surface area contributed by atoms with Crippen molar-refractivity contribution in [1.29, 1.82) is 0 Å². The van der Waals surface area contributed by atoms with Crippen molar-refractivity contribution in [2.45, 2.75) is 0 Å². The summed E-state index contributed by atoms with van der Waals surface area (Å²) in [6, 6.07) is 0. The SMILES string of the molecule is CS.CS(C)=C=O.[OH3+]. The van der Waals surface area contributed by atoms with Crippen molar-refractivity contribution in [3.05, 3.63) is 0 Å². The van der Waals surface area contributed by atoms with Crippen LogP contribution < -0.4 is 0 Å². The van der Waals surface area contributed by atoms with Gasteiger partial charge in [0.2, 0.25) is 0 Å². The van der Waals surface area contributed by atoms with Crippen LogP contribution in [0.3, 0.4) is 0 Å². The smallest absolute Gasteiger partial charge is 0.155 e. The van der Waals surface area contributed by atoms with Crippen LogP contribution in [-0.4, -0.2) is 24.0 Å². The molecule has 0 heterocycles. The Hall–Kier alpha value is 0.240. The van der Waals surface area contributed by atoms with E-state index in [1.807, 2.05) is 12.5 Å². The molecule has 2 nitrogen and oxygen atoms in total. The average Bonchev–Trinajstić information content (AvgIpc) is 1.73. The lowest BCUT2D eigenvalue weighted by molar-refractivity contribution is 0.572. The van der Waals surface area contributed by atoms with Crippen LogP contribution in [0.25, 0.3) is 0 Å². The molecular weight excluding hydrogens is 144 g/mol. The fraction of sp³-hybridized carbons (Fsp3) is 0.750. The summed E-state index contributed by atoms with van der Waals surface area (Å²) in [7, 11) is -0.128. The first-order valence-electron chi connectivity index (χ1n) is 1.67. The van der Waals surface area contributed by atoms with E-state index in [0.717, 1.165) is 0 Å². The molecular formula is C4H13O2S2+. The molecule has 0 saturated heterocycles. The van der Waals surface area contributed by atoms with Gasteiger partial charge in [0, 0.05) is 0 Å². The molecule has 0 aliphatic rings. The molecule has 0 rings (SSSR count). The van der Waals surface area contributed by atoms with Crippen LogP contribution in [-0.2, 0) is 10.3 Å². The normalized spacial score (nSPS) is 5.62. The third kappa shape index (κ3) is 34.1. The first-order chi connectivity index (χ1) is 3.27. The molecule has 52 valence electrons. The monoisotopic (exact) mass is 157 g/mol. The Labute approximate surface area is 57.9 Å². The van der Waals surface area contributed by atoms with E-state index < -0.39 is 0 Å². The number of thiol groups is 1. The third-order valence-electron chi connectivity index (χ3n) is 0.167. The van der Waals surface area contributed by atoms with Gasteiger partial charge in [0.05, 0.1) is 0 Å². The Morgan fingerprint density at radius 2 is 1.50 bits per heavy atom. The minimum Gasteiger partial charge on any atom is -0.457 e. The van der Waals surface area contributed by atoms with Gasteiger partial charge in [0.1, 0.15) is 0 Å². The largest absolute Gasteiger partial charge is 0.457 e. The van der Waals surface area contributed by atoms with Crippen LogP contribution in [0.1, 0.15) is 0 Å². The van der Waals surface area contributed by atoms with Gasteiger partial charge in [0.15, 0.2) is 5.23 Å². The number of carbonyl (C=O) groups excluding carboxylic acids is 1. The van der Waals surface area contributed by atoms with Crippen LogP contribution in [0.15, 0.2) is 0 Å². The van der Waals surface area contributed by atoms with E-state index in [-0.39, 0.29) is 16.0 Å². The Bertz CT molecular complexity index is 72.1. The van der Waals surface area contributed by atoms with Crippen molar-refractivity contribution < 1.29 is 10.3 Å². The Kier molecular flexibility index (Phi) is 30.8. The third-order valence-corrected chi connectivity index (χ3v) is 0.500. The quantitative estimate of drug-likeness (QED) is 0.305. The van der Waals surface area contributed by atoms with Gasteiger partial charge in [-0.15, -0.1) is 10.5 Å². The van der Waals surface area contributed by atoms with Gasteiger partial charge in [-0.2, -0.15) is 12.6 Å². The van der Waals surface area contributed by atoms with Crippen LogP contribution in [0.2, 0.25) is 0 Å². The van der Waals surface area contributed by atoms with Crippen LogP contribution in [0, 0.1) is 0 Å². The summed E-state index contributed by atoms with van der Waals surface area (Å²) in [4.78, 5) is 9.39. The molecule has 0 saturated carbocycles. The first-order valence-corrected chi connectivity index (χ1v) is 4.61. The van der Waals surface area contributed by atoms with Gasteiger partial charge in [0.25, 0.3) is 0 Å². The maximum Gasteiger partial charge on any atom is 0.155 e. The van der Waals surface area contributed by atoms with Crippen molar-refractivity contribution >= 4 is 28.3 Å². The lowest BCUT2D eigenvalue weighted by Crippen LogP contribution is -1.49. The van der Waals surface area contributed by atoms with Gasteiger partial charge < -0.3 is 5.48 Å². The fourth-order valence-corrected chi connectivity index (χ4v) is 0. The first kappa shape index (κ1) is 15.7. The number of rotatable bonds is 0. The zero-order valence-electron chi connectivity index (χ0n) is 5.34. The molecule has 0 amide bonds. The maximum absolute atomic E-state index is 9.39. The Balaban J connectivity index is -0.0000000750. The summed E-state index contributed by atoms with van der Waals surface area (Å²) in [6.07, 6.45) is 5.35. The van der Waals surface area contributed by atoms with Crippen LogP contribution >= 0.6 is 23.1 Å². The highest BCUT2D eigenvalue weighted by Crippen LogP contribution is 1.87. The molecule has 4 heteroatoms. The minimum atomic E-state index is -0.128. The summed E-state index contributed by atoms with van der Waals surface area (Å²) >= 11 is 3.53. The van der Waals surface area contributed by atoms with E-state index in [1.165, 1.54) is 0 Å². The van der Waals surface area contributed by atoms with E-state index >= 15 is 0 Å². The molecule has 0 aliphatic heterocycles. The number of hydrogen-bond donors (Lipinski definition) is 1. The van der Waals surface area contributed by atoms with Gasteiger partial charge in [-0.3, -0.25) is 0 Å². The van der Waals surface area contributed by atoms with Crippen molar-refractivity contribution in [3.63, 3.8) is 0 Å². The highest BCUT2D eigenvalue weighted by atomic mass is 32.2.